The van der Waals surface area contributed by atoms with Crippen molar-refractivity contribution in [1.82, 2.24) is 5.32 Å². The molecule has 0 bridgehead atoms. The Labute approximate surface area is 178 Å². The quantitative estimate of drug-likeness (QED) is 0.611. The first kappa shape index (κ1) is 21.8. The van der Waals surface area contributed by atoms with E-state index in [4.69, 9.17) is 23.7 Å². The van der Waals surface area contributed by atoms with Gasteiger partial charge in [-0.3, -0.25) is 10.1 Å². The molecule has 0 aromatic heterocycles. The molecule has 0 unspecified atom stereocenters. The summed E-state index contributed by atoms with van der Waals surface area (Å²) in [5.41, 5.74) is 0.412. The summed E-state index contributed by atoms with van der Waals surface area (Å²) in [6.45, 7) is 2.28. The number of amides is 3. The van der Waals surface area contributed by atoms with E-state index in [2.05, 4.69) is 10.6 Å². The summed E-state index contributed by atoms with van der Waals surface area (Å²) in [6, 6.07) is 10.8. The van der Waals surface area contributed by atoms with E-state index in [1.807, 2.05) is 6.92 Å². The Morgan fingerprint density at radius 2 is 1.58 bits per heavy atom. The lowest BCUT2D eigenvalue weighted by Crippen LogP contribution is -2.37. The van der Waals surface area contributed by atoms with Gasteiger partial charge in [-0.25, -0.2) is 9.59 Å². The van der Waals surface area contributed by atoms with E-state index in [-0.39, 0.29) is 6.61 Å². The van der Waals surface area contributed by atoms with Crippen LogP contribution in [0.5, 0.6) is 23.0 Å². The second-order valence-corrected chi connectivity index (χ2v) is 6.21. The first-order valence-electron chi connectivity index (χ1n) is 9.55. The number of fused-ring (bicyclic) bond motifs is 1. The summed E-state index contributed by atoms with van der Waals surface area (Å²) in [5, 5.41) is 4.55. The molecule has 1 heterocycles. The number of carbonyl (C=O) groups is 3. The average Bonchev–Trinajstić information content (AvgIpc) is 2.77. The second-order valence-electron chi connectivity index (χ2n) is 6.21. The van der Waals surface area contributed by atoms with Crippen LogP contribution in [0.25, 0.3) is 0 Å². The van der Waals surface area contributed by atoms with Crippen molar-refractivity contribution in [3.63, 3.8) is 0 Å². The minimum atomic E-state index is -0.788. The van der Waals surface area contributed by atoms with Gasteiger partial charge in [-0.15, -0.1) is 0 Å². The summed E-state index contributed by atoms with van der Waals surface area (Å²) in [7, 11) is 0. The third-order valence-corrected chi connectivity index (χ3v) is 3.91. The zero-order valence-corrected chi connectivity index (χ0v) is 16.8. The molecular weight excluding hydrogens is 408 g/mol. The molecule has 0 radical (unpaired) electrons. The van der Waals surface area contributed by atoms with Crippen molar-refractivity contribution in [3.05, 3.63) is 42.5 Å². The molecule has 1 aliphatic heterocycles. The number of ether oxygens (including phenoxy) is 5. The summed E-state index contributed by atoms with van der Waals surface area (Å²) >= 11 is 0. The van der Waals surface area contributed by atoms with Crippen LogP contribution in [0.4, 0.5) is 10.5 Å². The summed E-state index contributed by atoms with van der Waals surface area (Å²) < 4.78 is 26.2. The van der Waals surface area contributed by atoms with E-state index in [1.165, 1.54) is 0 Å². The topological polar surface area (TPSA) is 121 Å². The van der Waals surface area contributed by atoms with Crippen molar-refractivity contribution in [3.8, 4) is 23.0 Å². The van der Waals surface area contributed by atoms with Gasteiger partial charge in [0.1, 0.15) is 24.7 Å². The van der Waals surface area contributed by atoms with E-state index in [0.29, 0.717) is 48.5 Å². The molecule has 2 N–H and O–H groups in total. The number of carbonyl (C=O) groups excluding carboxylic acids is 3. The number of esters is 1. The second kappa shape index (κ2) is 10.7. The molecule has 0 saturated heterocycles. The summed E-state index contributed by atoms with van der Waals surface area (Å²) in [6.07, 6.45) is 0. The predicted molar refractivity (Wildman–Crippen MR) is 109 cm³/mol. The zero-order chi connectivity index (χ0) is 22.1. The Morgan fingerprint density at radius 3 is 2.29 bits per heavy atom. The third-order valence-electron chi connectivity index (χ3n) is 3.91. The zero-order valence-electron chi connectivity index (χ0n) is 16.8. The molecular formula is C21H22N2O8. The van der Waals surface area contributed by atoms with Crippen LogP contribution in [0.2, 0.25) is 0 Å². The van der Waals surface area contributed by atoms with E-state index < -0.39 is 24.5 Å². The number of urea groups is 1. The largest absolute Gasteiger partial charge is 0.494 e. The fourth-order valence-corrected chi connectivity index (χ4v) is 2.57. The van der Waals surface area contributed by atoms with Crippen LogP contribution in [0.3, 0.4) is 0 Å². The highest BCUT2D eigenvalue weighted by atomic mass is 16.6. The molecule has 10 heteroatoms. The van der Waals surface area contributed by atoms with Crippen LogP contribution in [0.1, 0.15) is 6.92 Å². The SMILES string of the molecule is CCOc1ccc(OCC(=O)OCC(=O)NC(=O)Nc2ccc3c(c2)OCCO3)cc1. The fourth-order valence-electron chi connectivity index (χ4n) is 2.57. The Morgan fingerprint density at radius 1 is 0.903 bits per heavy atom. The van der Waals surface area contributed by atoms with Crippen LogP contribution < -0.4 is 29.6 Å². The minimum absolute atomic E-state index is 0.384. The maximum Gasteiger partial charge on any atom is 0.344 e. The highest BCUT2D eigenvalue weighted by Crippen LogP contribution is 2.32. The lowest BCUT2D eigenvalue weighted by Gasteiger charge is -2.19. The Balaban J connectivity index is 1.36. The number of hydrogen-bond donors (Lipinski definition) is 2. The van der Waals surface area contributed by atoms with E-state index in [9.17, 15) is 14.4 Å². The van der Waals surface area contributed by atoms with Crippen molar-refractivity contribution < 1.29 is 38.1 Å². The number of benzene rings is 2. The molecule has 2 aromatic carbocycles. The summed E-state index contributed by atoms with van der Waals surface area (Å²) in [5.74, 6) is 0.664. The van der Waals surface area contributed by atoms with Crippen molar-refractivity contribution in [1.29, 1.82) is 0 Å². The van der Waals surface area contributed by atoms with Gasteiger partial charge in [0.25, 0.3) is 5.91 Å². The molecule has 10 nitrogen and oxygen atoms in total. The monoisotopic (exact) mass is 430 g/mol. The first-order valence-corrected chi connectivity index (χ1v) is 9.55. The van der Waals surface area contributed by atoms with Gasteiger partial charge in [-0.2, -0.15) is 0 Å². The molecule has 0 saturated carbocycles. The predicted octanol–water partition coefficient (Wildman–Crippen LogP) is 2.13. The molecule has 31 heavy (non-hydrogen) atoms. The molecule has 0 aliphatic carbocycles. The lowest BCUT2D eigenvalue weighted by molar-refractivity contribution is -0.150. The Hall–Kier alpha value is -3.95. The maximum atomic E-state index is 11.9. The third kappa shape index (κ3) is 6.81. The standard InChI is InChI=1S/C21H22N2O8/c1-2-27-15-4-6-16(7-5-15)30-13-20(25)31-12-19(24)23-21(26)22-14-3-8-17-18(11-14)29-10-9-28-17/h3-8,11H,2,9-10,12-13H2,1H3,(H2,22,23,24,26). The number of anilines is 1. The van der Waals surface area contributed by atoms with E-state index in [0.717, 1.165) is 0 Å². The Bertz CT molecular complexity index is 929. The first-order chi connectivity index (χ1) is 15.0. The Kier molecular flexibility index (Phi) is 7.52. The van der Waals surface area contributed by atoms with Crippen LogP contribution in [0, 0.1) is 0 Å². The van der Waals surface area contributed by atoms with E-state index in [1.54, 1.807) is 42.5 Å². The molecule has 3 rings (SSSR count). The molecule has 0 atom stereocenters. The number of rotatable bonds is 8. The van der Waals surface area contributed by atoms with Crippen LogP contribution in [-0.2, 0) is 14.3 Å². The summed E-state index contributed by atoms with van der Waals surface area (Å²) in [4.78, 5) is 35.5. The van der Waals surface area contributed by atoms with Gasteiger partial charge < -0.3 is 29.0 Å². The smallest absolute Gasteiger partial charge is 0.344 e. The molecule has 2 aromatic rings. The van der Waals surface area contributed by atoms with Crippen molar-refractivity contribution in [2.45, 2.75) is 6.92 Å². The van der Waals surface area contributed by atoms with Gasteiger partial charge in [0.15, 0.2) is 24.7 Å². The van der Waals surface area contributed by atoms with Crippen LogP contribution in [0.15, 0.2) is 42.5 Å². The molecule has 1 aliphatic rings. The van der Waals surface area contributed by atoms with Gasteiger partial charge in [-0.05, 0) is 43.3 Å². The van der Waals surface area contributed by atoms with Gasteiger partial charge in [0.2, 0.25) is 0 Å². The van der Waals surface area contributed by atoms with E-state index >= 15 is 0 Å². The van der Waals surface area contributed by atoms with Crippen LogP contribution >= 0.6 is 0 Å². The maximum absolute atomic E-state index is 11.9. The highest BCUT2D eigenvalue weighted by Gasteiger charge is 2.15. The number of hydrogen-bond acceptors (Lipinski definition) is 8. The van der Waals surface area contributed by atoms with Gasteiger partial charge in [0.05, 0.1) is 6.61 Å². The van der Waals surface area contributed by atoms with Gasteiger partial charge >= 0.3 is 12.0 Å². The average molecular weight is 430 g/mol. The van der Waals surface area contributed by atoms with Gasteiger partial charge in [0, 0.05) is 11.8 Å². The van der Waals surface area contributed by atoms with Crippen molar-refractivity contribution >= 4 is 23.6 Å². The van der Waals surface area contributed by atoms with Crippen LogP contribution in [-0.4, -0.2) is 50.9 Å². The normalized spacial score (nSPS) is 11.8. The fraction of sp³-hybridized carbons (Fsp3) is 0.286. The molecule has 0 fully saturated rings. The highest BCUT2D eigenvalue weighted by molar-refractivity contribution is 6.02. The van der Waals surface area contributed by atoms with Crippen molar-refractivity contribution in [2.75, 3.05) is 38.4 Å². The number of imide groups is 1. The lowest BCUT2D eigenvalue weighted by atomic mass is 10.2. The van der Waals surface area contributed by atoms with Crippen molar-refractivity contribution in [2.24, 2.45) is 0 Å². The molecule has 3 amide bonds. The number of nitrogens with one attached hydrogen (secondary N) is 2. The molecule has 0 spiro atoms. The minimum Gasteiger partial charge on any atom is -0.494 e. The van der Waals surface area contributed by atoms with Gasteiger partial charge in [-0.1, -0.05) is 0 Å². The molecule has 164 valence electrons.